The summed E-state index contributed by atoms with van der Waals surface area (Å²) < 4.78 is 87.7. The molecule has 0 spiro atoms. The molecule has 0 saturated carbocycles. The molecule has 0 bridgehead atoms. The van der Waals surface area contributed by atoms with Gasteiger partial charge < -0.3 is 0 Å². The van der Waals surface area contributed by atoms with Crippen LogP contribution in [0, 0.1) is 5.41 Å². The monoisotopic (exact) mass is 664 g/mol. The molecule has 1 unspecified atom stereocenters. The van der Waals surface area contributed by atoms with Gasteiger partial charge in [-0.25, -0.2) is 0 Å². The van der Waals surface area contributed by atoms with Crippen LogP contribution in [0.15, 0.2) is 36.8 Å². The number of alkyl halides is 6. The van der Waals surface area contributed by atoms with Crippen LogP contribution in [0.3, 0.4) is 0 Å². The molecule has 4 nitrogen and oxygen atoms in total. The molecule has 0 amide bonds. The van der Waals surface area contributed by atoms with Crippen LogP contribution in [0.1, 0.15) is 84.0 Å². The number of hydrogen-bond donors (Lipinski definition) is 0. The van der Waals surface area contributed by atoms with Crippen molar-refractivity contribution >= 4 is 27.7 Å². The second-order valence-electron chi connectivity index (χ2n) is 10.8. The van der Waals surface area contributed by atoms with Crippen molar-refractivity contribution in [3.63, 3.8) is 0 Å². The standard InChI is InChI=1S/C16H11F6N4.3C4H9.Sn/c1-14(16(20,21)22)4-2-10(3-5-14)11-8-12(15(17,18)19)25-13(24-11)26-7-6-23-9-26;3*1-3-4-2;/h2-4,7-9H,5H2,1H3;3*1,3-4H2,2H3;. The molecule has 216 valence electrons. The van der Waals surface area contributed by atoms with Crippen LogP contribution in [0.4, 0.5) is 26.3 Å². The van der Waals surface area contributed by atoms with Crippen molar-refractivity contribution in [2.24, 2.45) is 5.41 Å². The predicted molar refractivity (Wildman–Crippen MR) is 145 cm³/mol. The fourth-order valence-corrected chi connectivity index (χ4v) is 20.3. The van der Waals surface area contributed by atoms with Crippen molar-refractivity contribution in [3.05, 3.63) is 48.2 Å². The molecule has 1 aliphatic carbocycles. The summed E-state index contributed by atoms with van der Waals surface area (Å²) in [6, 6.07) is 0.793. The molecule has 1 atom stereocenters. The molecule has 11 heteroatoms. The topological polar surface area (TPSA) is 43.6 Å². The number of rotatable bonds is 12. The fraction of sp³-hybridized carbons (Fsp3) is 0.607. The van der Waals surface area contributed by atoms with E-state index in [0.717, 1.165) is 74.6 Å². The minimum atomic E-state index is -4.75. The first kappa shape index (κ1) is 31.7. The molecule has 2 heterocycles. The van der Waals surface area contributed by atoms with Gasteiger partial charge in [0.2, 0.25) is 0 Å². The summed E-state index contributed by atoms with van der Waals surface area (Å²) in [6.45, 7) is 7.56. The van der Waals surface area contributed by atoms with Crippen LogP contribution in [-0.4, -0.2) is 44.1 Å². The van der Waals surface area contributed by atoms with E-state index in [9.17, 15) is 26.3 Å². The van der Waals surface area contributed by atoms with Crippen molar-refractivity contribution < 1.29 is 26.3 Å². The van der Waals surface area contributed by atoms with Crippen LogP contribution < -0.4 is 3.71 Å². The molecule has 0 aliphatic heterocycles. The van der Waals surface area contributed by atoms with Gasteiger partial charge in [0.1, 0.15) is 0 Å². The van der Waals surface area contributed by atoms with Crippen LogP contribution in [0.5, 0.6) is 0 Å². The summed E-state index contributed by atoms with van der Waals surface area (Å²) in [5.41, 5.74) is -3.09. The number of hydrogen-bond acceptors (Lipinski definition) is 3. The number of allylic oxidation sites excluding steroid dienone is 4. The van der Waals surface area contributed by atoms with Crippen molar-refractivity contribution in [3.8, 4) is 5.95 Å². The Morgan fingerprint density at radius 2 is 1.51 bits per heavy atom. The molecular formula is C28H38F6N4Sn. The van der Waals surface area contributed by atoms with Gasteiger partial charge in [-0.15, -0.1) is 0 Å². The van der Waals surface area contributed by atoms with Crippen LogP contribution in [-0.2, 0) is 6.18 Å². The molecule has 3 rings (SSSR count). The molecule has 0 aromatic carbocycles. The number of nitrogens with zero attached hydrogens (tertiary/aromatic N) is 4. The molecule has 0 fully saturated rings. The third-order valence-corrected chi connectivity index (χ3v) is 22.8. The van der Waals surface area contributed by atoms with Crippen LogP contribution in [0.2, 0.25) is 13.3 Å². The SMILES string of the molecule is CCC[CH2][Sn]([CH2]CCC)([CH2]CCC)[c]1cn(-c2nc(C3=CCC(C)(C(F)(F)F)C=C3)cc(C(F)(F)F)n2)cn1. The van der Waals surface area contributed by atoms with Gasteiger partial charge in [-0.05, 0) is 0 Å². The Morgan fingerprint density at radius 1 is 0.923 bits per heavy atom. The third-order valence-electron chi connectivity index (χ3n) is 7.71. The van der Waals surface area contributed by atoms with Crippen molar-refractivity contribution in [1.82, 2.24) is 19.5 Å². The zero-order valence-corrected chi connectivity index (χ0v) is 25.9. The summed E-state index contributed by atoms with van der Waals surface area (Å²) in [5.74, 6) is -0.182. The second-order valence-corrected chi connectivity index (χ2v) is 23.9. The minimum absolute atomic E-state index is 0.0687. The van der Waals surface area contributed by atoms with E-state index in [1.54, 1.807) is 0 Å². The van der Waals surface area contributed by atoms with E-state index in [4.69, 9.17) is 4.98 Å². The summed E-state index contributed by atoms with van der Waals surface area (Å²) in [5, 5.41) is 0. The Morgan fingerprint density at radius 3 is 1.97 bits per heavy atom. The first-order chi connectivity index (χ1) is 18.3. The van der Waals surface area contributed by atoms with Crippen molar-refractivity contribution in [2.75, 3.05) is 0 Å². The normalized spacial score (nSPS) is 18.5. The van der Waals surface area contributed by atoms with Gasteiger partial charge in [-0.1, -0.05) is 0 Å². The zero-order chi connectivity index (χ0) is 28.9. The maximum atomic E-state index is 13.8. The van der Waals surface area contributed by atoms with E-state index in [-0.39, 0.29) is 23.6 Å². The Bertz CT molecular complexity index is 1150. The van der Waals surface area contributed by atoms with E-state index < -0.39 is 41.8 Å². The van der Waals surface area contributed by atoms with Gasteiger partial charge in [-0.2, -0.15) is 0 Å². The van der Waals surface area contributed by atoms with Crippen LogP contribution in [0.25, 0.3) is 11.5 Å². The number of unbranched alkanes of at least 4 members (excludes halogenated alkanes) is 3. The van der Waals surface area contributed by atoms with Crippen molar-refractivity contribution in [2.45, 2.75) is 98.3 Å². The summed E-state index contributed by atoms with van der Waals surface area (Å²) in [6.07, 6.45) is 3.75. The quantitative estimate of drug-likeness (QED) is 0.169. The molecule has 2 aromatic heterocycles. The summed E-state index contributed by atoms with van der Waals surface area (Å²) in [7, 11) is 0. The van der Waals surface area contributed by atoms with Gasteiger partial charge >= 0.3 is 231 Å². The van der Waals surface area contributed by atoms with E-state index in [0.29, 0.717) is 0 Å². The first-order valence-corrected chi connectivity index (χ1v) is 21.2. The molecule has 0 saturated heterocycles. The second kappa shape index (κ2) is 12.8. The Labute approximate surface area is 230 Å². The van der Waals surface area contributed by atoms with Crippen LogP contribution >= 0.6 is 0 Å². The Balaban J connectivity index is 2.06. The van der Waals surface area contributed by atoms with E-state index >= 15 is 0 Å². The van der Waals surface area contributed by atoms with Crippen molar-refractivity contribution in [1.29, 1.82) is 0 Å². The average molecular weight is 663 g/mol. The number of imidazole rings is 1. The van der Waals surface area contributed by atoms with Gasteiger partial charge in [0.25, 0.3) is 0 Å². The summed E-state index contributed by atoms with van der Waals surface area (Å²) >= 11 is -2.95. The van der Waals surface area contributed by atoms with Gasteiger partial charge in [0.05, 0.1) is 0 Å². The van der Waals surface area contributed by atoms with E-state index in [2.05, 4.69) is 30.7 Å². The Kier molecular flexibility index (Phi) is 10.4. The average Bonchev–Trinajstić information content (AvgIpc) is 3.39. The predicted octanol–water partition coefficient (Wildman–Crippen LogP) is 8.65. The zero-order valence-electron chi connectivity index (χ0n) is 23.1. The number of halogens is 6. The maximum absolute atomic E-state index is 13.8. The first-order valence-electron chi connectivity index (χ1n) is 13.8. The molecule has 1 aliphatic rings. The molecule has 0 N–H and O–H groups in total. The van der Waals surface area contributed by atoms with Gasteiger partial charge in [0.15, 0.2) is 0 Å². The Hall–Kier alpha value is -1.85. The molecule has 39 heavy (non-hydrogen) atoms. The third kappa shape index (κ3) is 7.46. The fourth-order valence-electron chi connectivity index (χ4n) is 4.99. The molecular weight excluding hydrogens is 625 g/mol. The van der Waals surface area contributed by atoms with E-state index in [1.807, 2.05) is 6.20 Å². The molecule has 0 radical (unpaired) electrons. The molecule has 2 aromatic rings. The van der Waals surface area contributed by atoms with Gasteiger partial charge in [-0.3, -0.25) is 0 Å². The van der Waals surface area contributed by atoms with E-state index in [1.165, 1.54) is 23.0 Å². The summed E-state index contributed by atoms with van der Waals surface area (Å²) in [4.78, 5) is 12.9. The van der Waals surface area contributed by atoms with Gasteiger partial charge in [0, 0.05) is 0 Å². The number of aromatic nitrogens is 4.